The fourth-order valence-electron chi connectivity index (χ4n) is 3.45. The van der Waals surface area contributed by atoms with E-state index in [2.05, 4.69) is 0 Å². The Morgan fingerprint density at radius 2 is 2.04 bits per heavy atom. The summed E-state index contributed by atoms with van der Waals surface area (Å²) in [5.74, 6) is -0.710. The zero-order chi connectivity index (χ0) is 20.0. The highest BCUT2D eigenvalue weighted by atomic mass is 16.5. The third-order valence-electron chi connectivity index (χ3n) is 4.81. The van der Waals surface area contributed by atoms with E-state index in [1.165, 1.54) is 11.8 Å². The lowest BCUT2D eigenvalue weighted by Crippen LogP contribution is -2.44. The Morgan fingerprint density at radius 3 is 2.67 bits per heavy atom. The number of ether oxygens (including phenoxy) is 1. The number of hydrogen-bond acceptors (Lipinski definition) is 4. The highest BCUT2D eigenvalue weighted by Crippen LogP contribution is 2.20. The number of aryl methyl sites for hydroxylation is 1. The molecule has 1 N–H and O–H groups in total. The van der Waals surface area contributed by atoms with Gasteiger partial charge >= 0.3 is 5.97 Å². The summed E-state index contributed by atoms with van der Waals surface area (Å²) in [6.45, 7) is 5.84. The summed E-state index contributed by atoms with van der Waals surface area (Å²) in [7, 11) is 0. The van der Waals surface area contributed by atoms with Crippen LogP contribution in [0, 0.1) is 6.92 Å². The fraction of sp³-hybridized carbons (Fsp3) is 0.550. The second-order valence-electron chi connectivity index (χ2n) is 7.03. The Morgan fingerprint density at radius 1 is 1.30 bits per heavy atom. The van der Waals surface area contributed by atoms with Crippen LogP contribution >= 0.6 is 0 Å². The molecular weight excluding hydrogens is 348 g/mol. The van der Waals surface area contributed by atoms with Crippen LogP contribution in [0.4, 0.5) is 0 Å². The topological polar surface area (TPSA) is 87.2 Å². The number of hydrogen-bond donors (Lipinski definition) is 1. The second-order valence-corrected chi connectivity index (χ2v) is 7.03. The molecule has 2 rings (SSSR count). The standard InChI is InChI=1S/C20H28N2O5/c1-14-6-4-8-18(12-14)27-15(2)20(26)21-10-5-7-17(9-11-21)22(16(3)23)13-19(24)25/h4,6,8,12,15,17H,5,7,9-11,13H2,1-3H3,(H,24,25). The molecular formula is C20H28N2O5. The predicted octanol–water partition coefficient (Wildman–Crippen LogP) is 2.08. The lowest BCUT2D eigenvalue weighted by Gasteiger charge is -2.29. The van der Waals surface area contributed by atoms with Gasteiger partial charge < -0.3 is 19.6 Å². The van der Waals surface area contributed by atoms with Gasteiger partial charge in [-0.3, -0.25) is 14.4 Å². The molecule has 2 amide bonds. The van der Waals surface area contributed by atoms with Crippen LogP contribution in [0.3, 0.4) is 0 Å². The van der Waals surface area contributed by atoms with Gasteiger partial charge in [-0.1, -0.05) is 12.1 Å². The number of carboxylic acids is 1. The summed E-state index contributed by atoms with van der Waals surface area (Å²) in [5, 5.41) is 9.03. The average Bonchev–Trinajstić information content (AvgIpc) is 2.84. The van der Waals surface area contributed by atoms with Crippen LogP contribution in [0.25, 0.3) is 0 Å². The summed E-state index contributed by atoms with van der Waals surface area (Å²) in [5.41, 5.74) is 1.06. The Labute approximate surface area is 159 Å². The van der Waals surface area contributed by atoms with Crippen LogP contribution in [0.2, 0.25) is 0 Å². The van der Waals surface area contributed by atoms with Gasteiger partial charge in [-0.25, -0.2) is 0 Å². The molecule has 1 aliphatic heterocycles. The predicted molar refractivity (Wildman–Crippen MR) is 101 cm³/mol. The van der Waals surface area contributed by atoms with Crippen molar-refractivity contribution in [3.8, 4) is 5.75 Å². The van der Waals surface area contributed by atoms with Gasteiger partial charge in [0.25, 0.3) is 5.91 Å². The largest absolute Gasteiger partial charge is 0.481 e. The quantitative estimate of drug-likeness (QED) is 0.821. The zero-order valence-electron chi connectivity index (χ0n) is 16.2. The maximum Gasteiger partial charge on any atom is 0.323 e. The number of nitrogens with zero attached hydrogens (tertiary/aromatic N) is 2. The lowest BCUT2D eigenvalue weighted by molar-refractivity contribution is -0.145. The van der Waals surface area contributed by atoms with Gasteiger partial charge in [0.2, 0.25) is 5.91 Å². The zero-order valence-corrected chi connectivity index (χ0v) is 16.2. The van der Waals surface area contributed by atoms with Gasteiger partial charge in [0.15, 0.2) is 6.10 Å². The van der Waals surface area contributed by atoms with Crippen molar-refractivity contribution in [1.29, 1.82) is 0 Å². The summed E-state index contributed by atoms with van der Waals surface area (Å²) < 4.78 is 5.78. The van der Waals surface area contributed by atoms with E-state index in [0.29, 0.717) is 31.7 Å². The highest BCUT2D eigenvalue weighted by molar-refractivity contribution is 5.81. The molecule has 1 aromatic rings. The van der Waals surface area contributed by atoms with Gasteiger partial charge in [-0.15, -0.1) is 0 Å². The molecule has 1 saturated heterocycles. The van der Waals surface area contributed by atoms with Crippen LogP contribution in [0.5, 0.6) is 5.75 Å². The van der Waals surface area contributed by atoms with Gasteiger partial charge in [0, 0.05) is 26.1 Å². The average molecular weight is 376 g/mol. The first kappa shape index (κ1) is 20.7. The van der Waals surface area contributed by atoms with Crippen molar-refractivity contribution in [2.45, 2.75) is 52.2 Å². The van der Waals surface area contributed by atoms with E-state index in [-0.39, 0.29) is 24.4 Å². The Hall–Kier alpha value is -2.57. The van der Waals surface area contributed by atoms with Crippen LogP contribution in [0.1, 0.15) is 38.7 Å². The van der Waals surface area contributed by atoms with Crippen molar-refractivity contribution < 1.29 is 24.2 Å². The van der Waals surface area contributed by atoms with Gasteiger partial charge in [-0.2, -0.15) is 0 Å². The molecule has 1 aliphatic rings. The number of likely N-dealkylation sites (tertiary alicyclic amines) is 1. The molecule has 0 aromatic heterocycles. The molecule has 27 heavy (non-hydrogen) atoms. The first-order chi connectivity index (χ1) is 12.8. The minimum atomic E-state index is -1.03. The molecule has 0 bridgehead atoms. The molecule has 1 fully saturated rings. The normalized spacial score (nSPS) is 18.3. The molecule has 1 aromatic carbocycles. The molecule has 7 heteroatoms. The van der Waals surface area contributed by atoms with E-state index in [4.69, 9.17) is 9.84 Å². The molecule has 1 heterocycles. The number of amides is 2. The fourth-order valence-corrected chi connectivity index (χ4v) is 3.45. The molecule has 148 valence electrons. The second kappa shape index (κ2) is 9.39. The molecule has 0 radical (unpaired) electrons. The monoisotopic (exact) mass is 376 g/mol. The van der Waals surface area contributed by atoms with Gasteiger partial charge in [0.1, 0.15) is 12.3 Å². The molecule has 7 nitrogen and oxygen atoms in total. The van der Waals surface area contributed by atoms with Crippen molar-refractivity contribution >= 4 is 17.8 Å². The van der Waals surface area contributed by atoms with Crippen LogP contribution in [-0.2, 0) is 14.4 Å². The molecule has 2 unspecified atom stereocenters. The Balaban J connectivity index is 1.96. The summed E-state index contributed by atoms with van der Waals surface area (Å²) in [4.78, 5) is 38.7. The van der Waals surface area contributed by atoms with Crippen molar-refractivity contribution in [3.05, 3.63) is 29.8 Å². The molecule has 0 aliphatic carbocycles. The van der Waals surface area contributed by atoms with Crippen LogP contribution in [0.15, 0.2) is 24.3 Å². The van der Waals surface area contributed by atoms with Gasteiger partial charge in [-0.05, 0) is 50.8 Å². The number of benzene rings is 1. The summed E-state index contributed by atoms with van der Waals surface area (Å²) in [6, 6.07) is 7.40. The minimum absolute atomic E-state index is 0.0928. The number of rotatable bonds is 6. The number of carbonyl (C=O) groups excluding carboxylic acids is 2. The smallest absolute Gasteiger partial charge is 0.323 e. The Bertz CT molecular complexity index is 691. The van der Waals surface area contributed by atoms with Crippen molar-refractivity contribution in [3.63, 3.8) is 0 Å². The van der Waals surface area contributed by atoms with E-state index in [1.807, 2.05) is 31.2 Å². The van der Waals surface area contributed by atoms with Gasteiger partial charge in [0.05, 0.1) is 0 Å². The van der Waals surface area contributed by atoms with E-state index < -0.39 is 12.1 Å². The number of carboxylic acid groups (broad SMARTS) is 1. The van der Waals surface area contributed by atoms with Crippen LogP contribution < -0.4 is 4.74 Å². The Kier molecular flexibility index (Phi) is 7.21. The maximum absolute atomic E-state index is 12.8. The highest BCUT2D eigenvalue weighted by Gasteiger charge is 2.29. The molecule has 0 spiro atoms. The van der Waals surface area contributed by atoms with E-state index in [9.17, 15) is 14.4 Å². The summed E-state index contributed by atoms with van der Waals surface area (Å²) >= 11 is 0. The van der Waals surface area contributed by atoms with Crippen LogP contribution in [-0.4, -0.2) is 64.5 Å². The lowest BCUT2D eigenvalue weighted by atomic mass is 10.1. The first-order valence-electron chi connectivity index (χ1n) is 9.29. The van der Waals surface area contributed by atoms with Crippen molar-refractivity contribution in [2.24, 2.45) is 0 Å². The summed E-state index contributed by atoms with van der Waals surface area (Å²) in [6.07, 6.45) is 1.36. The van der Waals surface area contributed by atoms with E-state index in [1.54, 1.807) is 11.8 Å². The minimum Gasteiger partial charge on any atom is -0.481 e. The van der Waals surface area contributed by atoms with Crippen molar-refractivity contribution in [1.82, 2.24) is 9.80 Å². The van der Waals surface area contributed by atoms with E-state index in [0.717, 1.165) is 12.0 Å². The maximum atomic E-state index is 12.8. The SMILES string of the molecule is CC(=O)N(CC(=O)O)C1CCCN(C(=O)C(C)Oc2cccc(C)c2)CC1. The third kappa shape index (κ3) is 5.98. The third-order valence-corrected chi connectivity index (χ3v) is 4.81. The number of aliphatic carboxylic acids is 1. The molecule has 0 saturated carbocycles. The van der Waals surface area contributed by atoms with Crippen molar-refractivity contribution in [2.75, 3.05) is 19.6 Å². The number of carbonyl (C=O) groups is 3. The van der Waals surface area contributed by atoms with E-state index >= 15 is 0 Å². The molecule has 2 atom stereocenters. The first-order valence-corrected chi connectivity index (χ1v) is 9.29.